The lowest BCUT2D eigenvalue weighted by molar-refractivity contribution is 0.300. The Morgan fingerprint density at radius 1 is 1.44 bits per heavy atom. The summed E-state index contributed by atoms with van der Waals surface area (Å²) in [6.07, 6.45) is 3.65. The van der Waals surface area contributed by atoms with Gasteiger partial charge in [-0.2, -0.15) is 5.10 Å². The van der Waals surface area contributed by atoms with Gasteiger partial charge < -0.3 is 10.5 Å². The Hall–Kier alpha value is -1.88. The fourth-order valence-corrected chi connectivity index (χ4v) is 1.69. The van der Waals surface area contributed by atoms with Crippen LogP contribution in [-0.2, 0) is 19.7 Å². The van der Waals surface area contributed by atoms with E-state index in [0.717, 1.165) is 12.1 Å². The molecule has 0 bridgehead atoms. The number of hydrogen-bond donors (Lipinski definition) is 1. The smallest absolute Gasteiger partial charge is 0.131 e. The fraction of sp³-hybridized carbons (Fsp3) is 0.308. The topological polar surface area (TPSA) is 53.1 Å². The molecular formula is C13H16FN3O. The maximum atomic E-state index is 13.5. The van der Waals surface area contributed by atoms with Crippen LogP contribution in [0.5, 0.6) is 5.75 Å². The minimum absolute atomic E-state index is 0.121. The Bertz CT molecular complexity index is 525. The highest BCUT2D eigenvalue weighted by Crippen LogP contribution is 2.21. The van der Waals surface area contributed by atoms with E-state index in [1.165, 1.54) is 6.07 Å². The predicted octanol–water partition coefficient (Wildman–Crippen LogP) is 2.08. The second-order valence-corrected chi connectivity index (χ2v) is 3.91. The van der Waals surface area contributed by atoms with Crippen molar-refractivity contribution < 1.29 is 9.13 Å². The number of ether oxygens (including phenoxy) is 1. The summed E-state index contributed by atoms with van der Waals surface area (Å²) in [5.74, 6) is 0.154. The average molecular weight is 249 g/mol. The third-order valence-corrected chi connectivity index (χ3v) is 2.69. The molecule has 5 heteroatoms. The van der Waals surface area contributed by atoms with Crippen molar-refractivity contribution >= 4 is 0 Å². The maximum Gasteiger partial charge on any atom is 0.131 e. The normalized spacial score (nSPS) is 10.6. The lowest BCUT2D eigenvalue weighted by Crippen LogP contribution is -2.04. The maximum absolute atomic E-state index is 13.5. The Morgan fingerprint density at radius 2 is 2.28 bits per heavy atom. The summed E-state index contributed by atoms with van der Waals surface area (Å²) in [5.41, 5.74) is 6.86. The zero-order valence-electron chi connectivity index (χ0n) is 10.3. The first-order valence-electron chi connectivity index (χ1n) is 5.86. The SMILES string of the molecule is CCn1cc(COc2cccc(F)c2CN)cn1. The molecule has 2 N–H and O–H groups in total. The Kier molecular flexibility index (Phi) is 3.94. The summed E-state index contributed by atoms with van der Waals surface area (Å²) in [4.78, 5) is 0. The van der Waals surface area contributed by atoms with Crippen LogP contribution >= 0.6 is 0 Å². The minimum atomic E-state index is -0.334. The van der Waals surface area contributed by atoms with Gasteiger partial charge in [-0.3, -0.25) is 4.68 Å². The van der Waals surface area contributed by atoms with Crippen molar-refractivity contribution in [2.24, 2.45) is 5.73 Å². The third kappa shape index (κ3) is 2.68. The summed E-state index contributed by atoms with van der Waals surface area (Å²) < 4.78 is 20.9. The molecule has 4 nitrogen and oxygen atoms in total. The van der Waals surface area contributed by atoms with E-state index < -0.39 is 0 Å². The van der Waals surface area contributed by atoms with Gasteiger partial charge in [-0.15, -0.1) is 0 Å². The zero-order valence-corrected chi connectivity index (χ0v) is 10.3. The van der Waals surface area contributed by atoms with Gasteiger partial charge in [-0.05, 0) is 19.1 Å². The van der Waals surface area contributed by atoms with Crippen LogP contribution in [0.4, 0.5) is 4.39 Å². The van der Waals surface area contributed by atoms with Crippen molar-refractivity contribution in [3.8, 4) is 5.75 Å². The van der Waals surface area contributed by atoms with Crippen LogP contribution in [0.2, 0.25) is 0 Å². The standard InChI is InChI=1S/C13H16FN3O/c1-2-17-8-10(7-16-17)9-18-13-5-3-4-12(14)11(13)6-15/h3-5,7-8H,2,6,9,15H2,1H3. The van der Waals surface area contributed by atoms with E-state index in [2.05, 4.69) is 5.10 Å². The molecule has 0 saturated heterocycles. The fourth-order valence-electron chi connectivity index (χ4n) is 1.69. The summed E-state index contributed by atoms with van der Waals surface area (Å²) in [7, 11) is 0. The van der Waals surface area contributed by atoms with Gasteiger partial charge in [0.05, 0.1) is 6.20 Å². The van der Waals surface area contributed by atoms with Gasteiger partial charge >= 0.3 is 0 Å². The van der Waals surface area contributed by atoms with Crippen LogP contribution in [-0.4, -0.2) is 9.78 Å². The number of aryl methyl sites for hydroxylation is 1. The molecule has 0 aliphatic heterocycles. The first-order chi connectivity index (χ1) is 8.74. The summed E-state index contributed by atoms with van der Waals surface area (Å²) in [6.45, 7) is 3.30. The van der Waals surface area contributed by atoms with Crippen LogP contribution in [0.1, 0.15) is 18.1 Å². The molecule has 0 fully saturated rings. The molecule has 0 aliphatic carbocycles. The second kappa shape index (κ2) is 5.64. The van der Waals surface area contributed by atoms with Crippen LogP contribution < -0.4 is 10.5 Å². The number of aromatic nitrogens is 2. The molecule has 0 amide bonds. The molecule has 96 valence electrons. The predicted molar refractivity (Wildman–Crippen MR) is 66.5 cm³/mol. The molecule has 0 atom stereocenters. The third-order valence-electron chi connectivity index (χ3n) is 2.69. The number of nitrogens with zero attached hydrogens (tertiary/aromatic N) is 2. The Labute approximate surface area is 105 Å². The first kappa shape index (κ1) is 12.6. The van der Waals surface area contributed by atoms with Crippen molar-refractivity contribution in [3.05, 3.63) is 47.5 Å². The van der Waals surface area contributed by atoms with Crippen molar-refractivity contribution in [2.75, 3.05) is 0 Å². The quantitative estimate of drug-likeness (QED) is 0.882. The van der Waals surface area contributed by atoms with Gasteiger partial charge in [-0.25, -0.2) is 4.39 Å². The molecule has 2 rings (SSSR count). The highest BCUT2D eigenvalue weighted by atomic mass is 19.1. The number of nitrogens with two attached hydrogens (primary N) is 1. The molecule has 0 radical (unpaired) electrons. The first-order valence-corrected chi connectivity index (χ1v) is 5.86. The van der Waals surface area contributed by atoms with Gasteiger partial charge in [0.25, 0.3) is 0 Å². The largest absolute Gasteiger partial charge is 0.488 e. The van der Waals surface area contributed by atoms with Crippen LogP contribution in [0, 0.1) is 5.82 Å². The van der Waals surface area contributed by atoms with Gasteiger partial charge in [0.2, 0.25) is 0 Å². The van der Waals surface area contributed by atoms with E-state index in [1.807, 2.05) is 17.8 Å². The van der Waals surface area contributed by atoms with Crippen LogP contribution in [0.15, 0.2) is 30.6 Å². The highest BCUT2D eigenvalue weighted by Gasteiger charge is 2.08. The van der Waals surface area contributed by atoms with Crippen molar-refractivity contribution in [1.29, 1.82) is 0 Å². The molecule has 18 heavy (non-hydrogen) atoms. The molecule has 0 saturated carbocycles. The van der Waals surface area contributed by atoms with Crippen molar-refractivity contribution in [3.63, 3.8) is 0 Å². The van der Waals surface area contributed by atoms with Gasteiger partial charge in [0.1, 0.15) is 18.2 Å². The van der Waals surface area contributed by atoms with Gasteiger partial charge in [0.15, 0.2) is 0 Å². The lowest BCUT2D eigenvalue weighted by Gasteiger charge is -2.09. The molecule has 1 heterocycles. The molecule has 0 spiro atoms. The van der Waals surface area contributed by atoms with E-state index in [1.54, 1.807) is 18.3 Å². The van der Waals surface area contributed by atoms with E-state index in [9.17, 15) is 4.39 Å². The van der Waals surface area contributed by atoms with E-state index in [0.29, 0.717) is 17.9 Å². The summed E-state index contributed by atoms with van der Waals surface area (Å²) >= 11 is 0. The molecule has 0 unspecified atom stereocenters. The number of halogens is 1. The van der Waals surface area contributed by atoms with Gasteiger partial charge in [-0.1, -0.05) is 6.07 Å². The monoisotopic (exact) mass is 249 g/mol. The van der Waals surface area contributed by atoms with Gasteiger partial charge in [0, 0.05) is 30.4 Å². The second-order valence-electron chi connectivity index (χ2n) is 3.91. The van der Waals surface area contributed by atoms with Crippen LogP contribution in [0.3, 0.4) is 0 Å². The van der Waals surface area contributed by atoms with Crippen molar-refractivity contribution in [1.82, 2.24) is 9.78 Å². The van der Waals surface area contributed by atoms with E-state index in [4.69, 9.17) is 10.5 Å². The molecule has 1 aromatic heterocycles. The zero-order chi connectivity index (χ0) is 13.0. The molecular weight excluding hydrogens is 233 g/mol. The van der Waals surface area contributed by atoms with E-state index >= 15 is 0 Å². The summed E-state index contributed by atoms with van der Waals surface area (Å²) in [5, 5.41) is 4.14. The van der Waals surface area contributed by atoms with Crippen molar-refractivity contribution in [2.45, 2.75) is 26.6 Å². The molecule has 1 aromatic carbocycles. The number of benzene rings is 1. The number of rotatable bonds is 5. The molecule has 2 aromatic rings. The highest BCUT2D eigenvalue weighted by molar-refractivity contribution is 5.34. The average Bonchev–Trinajstić information content (AvgIpc) is 2.84. The van der Waals surface area contributed by atoms with E-state index in [-0.39, 0.29) is 12.4 Å². The Morgan fingerprint density at radius 3 is 2.94 bits per heavy atom. The molecule has 0 aliphatic rings. The number of hydrogen-bond acceptors (Lipinski definition) is 3. The van der Waals surface area contributed by atoms with Crippen LogP contribution in [0.25, 0.3) is 0 Å². The summed E-state index contributed by atoms with van der Waals surface area (Å²) in [6, 6.07) is 4.71. The Balaban J connectivity index is 2.08. The lowest BCUT2D eigenvalue weighted by atomic mass is 10.2. The minimum Gasteiger partial charge on any atom is -0.488 e.